The molecule has 0 fully saturated rings. The van der Waals surface area contributed by atoms with Gasteiger partial charge < -0.3 is 15.9 Å². The summed E-state index contributed by atoms with van der Waals surface area (Å²) in [5, 5.41) is 18.9. The first kappa shape index (κ1) is 13.4. The predicted octanol–water partition coefficient (Wildman–Crippen LogP) is 2.64. The average Bonchev–Trinajstić information content (AvgIpc) is 2.41. The molecular weight excluding hydrogens is 238 g/mol. The topological polar surface area (TPSA) is 66.5 Å². The Labute approximate surface area is 113 Å². The SMILES string of the molecule is Nc1cccc(CCCc2cc(CO)ccc2O)c1. The second-order valence-corrected chi connectivity index (χ2v) is 4.72. The maximum absolute atomic E-state index is 9.77. The predicted molar refractivity (Wildman–Crippen MR) is 76.9 cm³/mol. The zero-order chi connectivity index (χ0) is 13.7. The van der Waals surface area contributed by atoms with E-state index in [1.807, 2.05) is 24.3 Å². The van der Waals surface area contributed by atoms with Gasteiger partial charge in [0.05, 0.1) is 6.61 Å². The van der Waals surface area contributed by atoms with E-state index in [2.05, 4.69) is 6.07 Å². The number of hydrogen-bond acceptors (Lipinski definition) is 3. The van der Waals surface area contributed by atoms with E-state index in [9.17, 15) is 5.11 Å². The Morgan fingerprint density at radius 3 is 2.53 bits per heavy atom. The number of nitrogens with two attached hydrogens (primary N) is 1. The van der Waals surface area contributed by atoms with Crippen molar-refractivity contribution in [3.05, 3.63) is 59.2 Å². The van der Waals surface area contributed by atoms with Crippen LogP contribution >= 0.6 is 0 Å². The molecule has 0 heterocycles. The zero-order valence-corrected chi connectivity index (χ0v) is 10.8. The number of anilines is 1. The molecule has 0 saturated heterocycles. The van der Waals surface area contributed by atoms with Gasteiger partial charge in [-0.15, -0.1) is 0 Å². The molecule has 2 rings (SSSR count). The van der Waals surface area contributed by atoms with Gasteiger partial charge in [0.25, 0.3) is 0 Å². The Morgan fingerprint density at radius 1 is 0.947 bits per heavy atom. The summed E-state index contributed by atoms with van der Waals surface area (Å²) in [6.07, 6.45) is 2.65. The number of hydrogen-bond donors (Lipinski definition) is 3. The van der Waals surface area contributed by atoms with E-state index in [0.717, 1.165) is 36.1 Å². The summed E-state index contributed by atoms with van der Waals surface area (Å²) in [4.78, 5) is 0. The van der Waals surface area contributed by atoms with Gasteiger partial charge in [-0.2, -0.15) is 0 Å². The van der Waals surface area contributed by atoms with E-state index >= 15 is 0 Å². The molecule has 0 amide bonds. The van der Waals surface area contributed by atoms with Gasteiger partial charge in [0.2, 0.25) is 0 Å². The average molecular weight is 257 g/mol. The third kappa shape index (κ3) is 3.73. The quantitative estimate of drug-likeness (QED) is 0.721. The van der Waals surface area contributed by atoms with Gasteiger partial charge in [-0.1, -0.05) is 18.2 Å². The highest BCUT2D eigenvalue weighted by Gasteiger charge is 2.03. The highest BCUT2D eigenvalue weighted by Crippen LogP contribution is 2.21. The van der Waals surface area contributed by atoms with Crippen LogP contribution in [0, 0.1) is 0 Å². The van der Waals surface area contributed by atoms with E-state index in [1.54, 1.807) is 12.1 Å². The number of nitrogen functional groups attached to an aromatic ring is 1. The smallest absolute Gasteiger partial charge is 0.118 e. The third-order valence-electron chi connectivity index (χ3n) is 3.19. The fourth-order valence-corrected chi connectivity index (χ4v) is 2.17. The standard InChI is InChI=1S/C16H19NO2/c17-15-6-2-4-12(10-15)3-1-5-14-9-13(11-18)7-8-16(14)19/h2,4,6-10,18-19H,1,3,5,11,17H2. The molecule has 0 atom stereocenters. The molecule has 2 aromatic carbocycles. The second-order valence-electron chi connectivity index (χ2n) is 4.72. The molecule has 100 valence electrons. The minimum atomic E-state index is 0.00248. The number of aryl methyl sites for hydroxylation is 2. The third-order valence-corrected chi connectivity index (χ3v) is 3.19. The maximum Gasteiger partial charge on any atom is 0.118 e. The van der Waals surface area contributed by atoms with Gasteiger partial charge in [0.15, 0.2) is 0 Å². The minimum absolute atomic E-state index is 0.00248. The highest BCUT2D eigenvalue weighted by molar-refractivity contribution is 5.41. The van der Waals surface area contributed by atoms with Crippen molar-refractivity contribution in [3.8, 4) is 5.75 Å². The lowest BCUT2D eigenvalue weighted by Crippen LogP contribution is -1.94. The van der Waals surface area contributed by atoms with Gasteiger partial charge >= 0.3 is 0 Å². The first-order chi connectivity index (χ1) is 9.19. The van der Waals surface area contributed by atoms with E-state index in [0.29, 0.717) is 5.75 Å². The number of phenolic OH excluding ortho intramolecular Hbond substituents is 1. The summed E-state index contributed by atoms with van der Waals surface area (Å²) in [5.74, 6) is 0.296. The molecule has 0 aliphatic carbocycles. The van der Waals surface area contributed by atoms with Crippen molar-refractivity contribution in [2.45, 2.75) is 25.9 Å². The maximum atomic E-state index is 9.77. The van der Waals surface area contributed by atoms with Crippen molar-refractivity contribution in [1.29, 1.82) is 0 Å². The Kier molecular flexibility index (Phi) is 4.42. The summed E-state index contributed by atoms with van der Waals surface area (Å²) in [7, 11) is 0. The van der Waals surface area contributed by atoms with Crippen LogP contribution in [0.3, 0.4) is 0 Å². The van der Waals surface area contributed by atoms with Gasteiger partial charge in [-0.3, -0.25) is 0 Å². The Hall–Kier alpha value is -2.00. The highest BCUT2D eigenvalue weighted by atomic mass is 16.3. The van der Waals surface area contributed by atoms with Gasteiger partial charge in [0, 0.05) is 5.69 Å². The second kappa shape index (κ2) is 6.25. The van der Waals surface area contributed by atoms with Crippen molar-refractivity contribution in [3.63, 3.8) is 0 Å². The van der Waals surface area contributed by atoms with Crippen LogP contribution in [0.25, 0.3) is 0 Å². The molecule has 0 radical (unpaired) electrons. The van der Waals surface area contributed by atoms with Crippen LogP contribution < -0.4 is 5.73 Å². The largest absolute Gasteiger partial charge is 0.508 e. The lowest BCUT2D eigenvalue weighted by Gasteiger charge is -2.07. The number of phenols is 1. The molecule has 3 heteroatoms. The summed E-state index contributed by atoms with van der Waals surface area (Å²) >= 11 is 0. The van der Waals surface area contributed by atoms with Crippen LogP contribution in [0.1, 0.15) is 23.1 Å². The summed E-state index contributed by atoms with van der Waals surface area (Å²) in [5.41, 5.74) is 9.44. The fourth-order valence-electron chi connectivity index (χ4n) is 2.17. The molecule has 0 saturated carbocycles. The van der Waals surface area contributed by atoms with E-state index in [-0.39, 0.29) is 6.61 Å². The minimum Gasteiger partial charge on any atom is -0.508 e. The number of benzene rings is 2. The Morgan fingerprint density at radius 2 is 1.79 bits per heavy atom. The lowest BCUT2D eigenvalue weighted by atomic mass is 10.0. The number of aromatic hydroxyl groups is 1. The van der Waals surface area contributed by atoms with Crippen molar-refractivity contribution >= 4 is 5.69 Å². The summed E-state index contributed by atoms with van der Waals surface area (Å²) in [6.45, 7) is 0.00248. The van der Waals surface area contributed by atoms with Gasteiger partial charge in [0.1, 0.15) is 5.75 Å². The van der Waals surface area contributed by atoms with Gasteiger partial charge in [-0.05, 0) is 60.2 Å². The van der Waals surface area contributed by atoms with Crippen LogP contribution in [0.15, 0.2) is 42.5 Å². The molecule has 19 heavy (non-hydrogen) atoms. The van der Waals surface area contributed by atoms with Crippen molar-refractivity contribution in [1.82, 2.24) is 0 Å². The molecule has 3 nitrogen and oxygen atoms in total. The normalized spacial score (nSPS) is 10.6. The lowest BCUT2D eigenvalue weighted by molar-refractivity contribution is 0.281. The van der Waals surface area contributed by atoms with Crippen LogP contribution in [-0.2, 0) is 19.4 Å². The van der Waals surface area contributed by atoms with Crippen LogP contribution in [0.5, 0.6) is 5.75 Å². The molecule has 0 aliphatic heterocycles. The van der Waals surface area contributed by atoms with Crippen LogP contribution in [0.2, 0.25) is 0 Å². The molecule has 0 unspecified atom stereocenters. The van der Waals surface area contributed by atoms with Crippen LogP contribution in [0.4, 0.5) is 5.69 Å². The zero-order valence-electron chi connectivity index (χ0n) is 10.8. The summed E-state index contributed by atoms with van der Waals surface area (Å²) in [6, 6.07) is 13.1. The van der Waals surface area contributed by atoms with Crippen molar-refractivity contribution < 1.29 is 10.2 Å². The first-order valence-corrected chi connectivity index (χ1v) is 6.45. The molecule has 2 aromatic rings. The number of aliphatic hydroxyl groups is 1. The molecule has 0 aromatic heterocycles. The molecule has 4 N–H and O–H groups in total. The van der Waals surface area contributed by atoms with Gasteiger partial charge in [-0.25, -0.2) is 0 Å². The summed E-state index contributed by atoms with van der Waals surface area (Å²) < 4.78 is 0. The van der Waals surface area contributed by atoms with Crippen molar-refractivity contribution in [2.75, 3.05) is 5.73 Å². The number of rotatable bonds is 5. The van der Waals surface area contributed by atoms with E-state index in [1.165, 1.54) is 5.56 Å². The molecule has 0 bridgehead atoms. The Balaban J connectivity index is 1.95. The monoisotopic (exact) mass is 257 g/mol. The van der Waals surface area contributed by atoms with E-state index in [4.69, 9.17) is 10.8 Å². The molecular formula is C16H19NO2. The van der Waals surface area contributed by atoms with E-state index < -0.39 is 0 Å². The number of aliphatic hydroxyl groups excluding tert-OH is 1. The van der Waals surface area contributed by atoms with Crippen LogP contribution in [-0.4, -0.2) is 10.2 Å². The fraction of sp³-hybridized carbons (Fsp3) is 0.250. The Bertz CT molecular complexity index is 552. The van der Waals surface area contributed by atoms with Crippen molar-refractivity contribution in [2.24, 2.45) is 0 Å². The molecule has 0 aliphatic rings. The first-order valence-electron chi connectivity index (χ1n) is 6.45. The molecule has 0 spiro atoms.